The zero-order chi connectivity index (χ0) is 8.55. The Labute approximate surface area is 72.7 Å². The first-order chi connectivity index (χ1) is 5.83. The van der Waals surface area contributed by atoms with Gasteiger partial charge in [0.15, 0.2) is 0 Å². The molecular formula is C10H15NO. The third-order valence-electron chi connectivity index (χ3n) is 2.61. The number of aryl methyl sites for hydroxylation is 2. The van der Waals surface area contributed by atoms with Crippen molar-refractivity contribution in [1.82, 2.24) is 0 Å². The molecule has 1 heterocycles. The van der Waals surface area contributed by atoms with Gasteiger partial charge < -0.3 is 10.2 Å². The van der Waals surface area contributed by atoms with E-state index in [0.717, 1.165) is 36.5 Å². The van der Waals surface area contributed by atoms with Crippen LogP contribution in [0.4, 0.5) is 5.69 Å². The van der Waals surface area contributed by atoms with Gasteiger partial charge in [0, 0.05) is 18.4 Å². The highest BCUT2D eigenvalue weighted by Crippen LogP contribution is 2.31. The number of hydrogen-bond acceptors (Lipinski definition) is 2. The van der Waals surface area contributed by atoms with Gasteiger partial charge in [-0.05, 0) is 19.3 Å². The minimum Gasteiger partial charge on any atom is -0.464 e. The van der Waals surface area contributed by atoms with E-state index < -0.39 is 0 Å². The molecule has 0 saturated carbocycles. The van der Waals surface area contributed by atoms with Crippen molar-refractivity contribution >= 4 is 5.69 Å². The number of furan rings is 1. The lowest BCUT2D eigenvalue weighted by Crippen LogP contribution is -2.01. The molecule has 0 amide bonds. The molecule has 0 atom stereocenters. The van der Waals surface area contributed by atoms with E-state index in [2.05, 4.69) is 6.92 Å². The zero-order valence-electron chi connectivity index (χ0n) is 7.52. The van der Waals surface area contributed by atoms with Gasteiger partial charge in [0.25, 0.3) is 0 Å². The molecule has 2 rings (SSSR count). The maximum absolute atomic E-state index is 5.94. The fourth-order valence-corrected chi connectivity index (χ4v) is 1.91. The summed E-state index contributed by atoms with van der Waals surface area (Å²) in [4.78, 5) is 0. The van der Waals surface area contributed by atoms with E-state index in [4.69, 9.17) is 10.2 Å². The Morgan fingerprint density at radius 1 is 1.33 bits per heavy atom. The summed E-state index contributed by atoms with van der Waals surface area (Å²) in [6.45, 7) is 2.08. The van der Waals surface area contributed by atoms with Crippen molar-refractivity contribution in [2.75, 3.05) is 5.73 Å². The maximum Gasteiger partial charge on any atom is 0.127 e. The van der Waals surface area contributed by atoms with Gasteiger partial charge in [-0.2, -0.15) is 0 Å². The first kappa shape index (κ1) is 7.71. The third kappa shape index (κ3) is 1.02. The fraction of sp³-hybridized carbons (Fsp3) is 0.600. The molecule has 2 heteroatoms. The molecule has 0 aliphatic heterocycles. The summed E-state index contributed by atoms with van der Waals surface area (Å²) in [5.41, 5.74) is 8.15. The van der Waals surface area contributed by atoms with E-state index in [0.29, 0.717) is 0 Å². The Hall–Kier alpha value is -0.920. The quantitative estimate of drug-likeness (QED) is 0.693. The Morgan fingerprint density at radius 2 is 2.08 bits per heavy atom. The number of nitrogen functional groups attached to an aromatic ring is 1. The van der Waals surface area contributed by atoms with Gasteiger partial charge in [-0.3, -0.25) is 0 Å². The molecule has 0 fully saturated rings. The molecule has 0 saturated heterocycles. The molecule has 66 valence electrons. The molecular weight excluding hydrogens is 150 g/mol. The SMILES string of the molecule is CCc1oc2c(c1N)CCCC2. The maximum atomic E-state index is 5.94. The van der Waals surface area contributed by atoms with E-state index in [1.54, 1.807) is 0 Å². The summed E-state index contributed by atoms with van der Waals surface area (Å²) in [6.07, 6.45) is 5.63. The van der Waals surface area contributed by atoms with Crippen molar-refractivity contribution < 1.29 is 4.42 Å². The second-order valence-corrected chi connectivity index (χ2v) is 3.40. The fourth-order valence-electron chi connectivity index (χ4n) is 1.91. The van der Waals surface area contributed by atoms with Crippen molar-refractivity contribution in [2.24, 2.45) is 0 Å². The summed E-state index contributed by atoms with van der Waals surface area (Å²) in [7, 11) is 0. The second kappa shape index (κ2) is 2.85. The van der Waals surface area contributed by atoms with Crippen molar-refractivity contribution in [3.05, 3.63) is 17.1 Å². The highest BCUT2D eigenvalue weighted by molar-refractivity contribution is 5.53. The topological polar surface area (TPSA) is 39.2 Å². The molecule has 1 aromatic heterocycles. The van der Waals surface area contributed by atoms with Crippen LogP contribution >= 0.6 is 0 Å². The average Bonchev–Trinajstić information content (AvgIpc) is 2.44. The molecule has 0 spiro atoms. The van der Waals surface area contributed by atoms with Gasteiger partial charge in [-0.25, -0.2) is 0 Å². The molecule has 12 heavy (non-hydrogen) atoms. The average molecular weight is 165 g/mol. The van der Waals surface area contributed by atoms with Crippen LogP contribution in [-0.2, 0) is 19.3 Å². The smallest absolute Gasteiger partial charge is 0.127 e. The summed E-state index contributed by atoms with van der Waals surface area (Å²) in [5, 5.41) is 0. The number of rotatable bonds is 1. The van der Waals surface area contributed by atoms with Crippen LogP contribution in [0.5, 0.6) is 0 Å². The summed E-state index contributed by atoms with van der Waals surface area (Å²) in [5.74, 6) is 2.14. The standard InChI is InChI=1S/C10H15NO/c1-2-8-10(11)7-5-3-4-6-9(7)12-8/h2-6,11H2,1H3. The van der Waals surface area contributed by atoms with Crippen LogP contribution in [0.1, 0.15) is 36.8 Å². The molecule has 0 radical (unpaired) electrons. The van der Waals surface area contributed by atoms with Gasteiger partial charge in [0.1, 0.15) is 11.5 Å². The molecule has 0 unspecified atom stereocenters. The van der Waals surface area contributed by atoms with Gasteiger partial charge >= 0.3 is 0 Å². The summed E-state index contributed by atoms with van der Waals surface area (Å²) < 4.78 is 5.66. The van der Waals surface area contributed by atoms with Crippen molar-refractivity contribution in [3.63, 3.8) is 0 Å². The minimum atomic E-state index is 0.916. The lowest BCUT2D eigenvalue weighted by molar-refractivity contribution is 0.448. The van der Waals surface area contributed by atoms with E-state index in [9.17, 15) is 0 Å². The van der Waals surface area contributed by atoms with Crippen LogP contribution in [-0.4, -0.2) is 0 Å². The Kier molecular flexibility index (Phi) is 1.83. The number of nitrogens with two attached hydrogens (primary N) is 1. The van der Waals surface area contributed by atoms with E-state index in [-0.39, 0.29) is 0 Å². The van der Waals surface area contributed by atoms with E-state index >= 15 is 0 Å². The van der Waals surface area contributed by atoms with Crippen LogP contribution < -0.4 is 5.73 Å². The van der Waals surface area contributed by atoms with Crippen LogP contribution in [0.2, 0.25) is 0 Å². The lowest BCUT2D eigenvalue weighted by Gasteiger charge is -2.08. The van der Waals surface area contributed by atoms with Crippen molar-refractivity contribution in [3.8, 4) is 0 Å². The summed E-state index contributed by atoms with van der Waals surface area (Å²) in [6, 6.07) is 0. The Balaban J connectivity index is 2.44. The predicted molar refractivity (Wildman–Crippen MR) is 49.1 cm³/mol. The van der Waals surface area contributed by atoms with E-state index in [1.807, 2.05) is 0 Å². The molecule has 1 aliphatic rings. The van der Waals surface area contributed by atoms with Crippen LogP contribution in [0.3, 0.4) is 0 Å². The van der Waals surface area contributed by atoms with Crippen LogP contribution in [0.25, 0.3) is 0 Å². The third-order valence-corrected chi connectivity index (χ3v) is 2.61. The van der Waals surface area contributed by atoms with Gasteiger partial charge in [0.2, 0.25) is 0 Å². The van der Waals surface area contributed by atoms with Gasteiger partial charge in [-0.15, -0.1) is 0 Å². The minimum absolute atomic E-state index is 0.916. The highest BCUT2D eigenvalue weighted by atomic mass is 16.3. The normalized spacial score (nSPS) is 16.1. The number of anilines is 1. The molecule has 1 aliphatic carbocycles. The zero-order valence-corrected chi connectivity index (χ0v) is 7.52. The highest BCUT2D eigenvalue weighted by Gasteiger charge is 2.19. The first-order valence-corrected chi connectivity index (χ1v) is 4.71. The molecule has 2 nitrogen and oxygen atoms in total. The van der Waals surface area contributed by atoms with Crippen molar-refractivity contribution in [1.29, 1.82) is 0 Å². The first-order valence-electron chi connectivity index (χ1n) is 4.71. The molecule has 2 N–H and O–H groups in total. The van der Waals surface area contributed by atoms with Crippen molar-refractivity contribution in [2.45, 2.75) is 39.0 Å². The summed E-state index contributed by atoms with van der Waals surface area (Å²) >= 11 is 0. The van der Waals surface area contributed by atoms with Gasteiger partial charge in [0.05, 0.1) is 5.69 Å². The van der Waals surface area contributed by atoms with E-state index in [1.165, 1.54) is 18.4 Å². The predicted octanol–water partition coefficient (Wildman–Crippen LogP) is 2.30. The molecule has 0 aromatic carbocycles. The monoisotopic (exact) mass is 165 g/mol. The largest absolute Gasteiger partial charge is 0.464 e. The second-order valence-electron chi connectivity index (χ2n) is 3.40. The van der Waals surface area contributed by atoms with Crippen LogP contribution in [0.15, 0.2) is 4.42 Å². The molecule has 0 bridgehead atoms. The lowest BCUT2D eigenvalue weighted by atomic mass is 9.97. The Morgan fingerprint density at radius 3 is 2.75 bits per heavy atom. The number of fused-ring (bicyclic) bond motifs is 1. The van der Waals surface area contributed by atoms with Gasteiger partial charge in [-0.1, -0.05) is 6.92 Å². The molecule has 1 aromatic rings. The van der Waals surface area contributed by atoms with Crippen LogP contribution in [0, 0.1) is 0 Å². The number of hydrogen-bond donors (Lipinski definition) is 1. The Bertz CT molecular complexity index is 288.